The fourth-order valence-electron chi connectivity index (χ4n) is 2.51. The van der Waals surface area contributed by atoms with E-state index >= 15 is 0 Å². The maximum atomic E-state index is 6.33. The summed E-state index contributed by atoms with van der Waals surface area (Å²) in [6.45, 7) is 3.78. The predicted octanol–water partition coefficient (Wildman–Crippen LogP) is 4.03. The number of rotatable bonds is 7. The lowest BCUT2D eigenvalue weighted by Gasteiger charge is -2.14. The standard InChI is InChI=1S/C18H24ClN5/c1-12-5-4-6-14(19)17(12)22-16-11-15(13-7-8-13)21-18(23-16)20-9-10-24(2)3/h4-6,11,13H,7-10H2,1-3H3,(H2,20,21,22,23). The molecule has 3 rings (SSSR count). The molecule has 1 aliphatic rings. The highest BCUT2D eigenvalue weighted by Gasteiger charge is 2.26. The van der Waals surface area contributed by atoms with Crippen molar-refractivity contribution in [1.29, 1.82) is 0 Å². The van der Waals surface area contributed by atoms with E-state index < -0.39 is 0 Å². The SMILES string of the molecule is Cc1cccc(Cl)c1Nc1cc(C2CC2)nc(NCCN(C)C)n1. The summed E-state index contributed by atoms with van der Waals surface area (Å²) in [6, 6.07) is 7.91. The number of nitrogens with one attached hydrogen (secondary N) is 2. The third-order valence-corrected chi connectivity index (χ3v) is 4.37. The third-order valence-electron chi connectivity index (χ3n) is 4.06. The quantitative estimate of drug-likeness (QED) is 0.793. The molecule has 0 unspecified atom stereocenters. The third kappa shape index (κ3) is 4.36. The van der Waals surface area contributed by atoms with Crippen molar-refractivity contribution in [2.24, 2.45) is 0 Å². The molecule has 1 saturated carbocycles. The number of aryl methyl sites for hydroxylation is 1. The Kier molecular flexibility index (Phi) is 5.21. The van der Waals surface area contributed by atoms with Crippen LogP contribution < -0.4 is 10.6 Å². The molecule has 1 aliphatic carbocycles. The Balaban J connectivity index is 1.82. The van der Waals surface area contributed by atoms with Crippen LogP contribution in [-0.2, 0) is 0 Å². The normalized spacial score (nSPS) is 14.0. The summed E-state index contributed by atoms with van der Waals surface area (Å²) >= 11 is 6.33. The molecule has 5 nitrogen and oxygen atoms in total. The van der Waals surface area contributed by atoms with Gasteiger partial charge in [-0.05, 0) is 45.5 Å². The molecule has 0 amide bonds. The number of benzene rings is 1. The number of halogens is 1. The van der Waals surface area contributed by atoms with Gasteiger partial charge in [-0.1, -0.05) is 23.7 Å². The molecule has 128 valence electrons. The summed E-state index contributed by atoms with van der Waals surface area (Å²) in [4.78, 5) is 11.4. The molecule has 1 aromatic heterocycles. The van der Waals surface area contributed by atoms with E-state index in [0.29, 0.717) is 16.9 Å². The monoisotopic (exact) mass is 345 g/mol. The first-order chi connectivity index (χ1) is 11.5. The van der Waals surface area contributed by atoms with Crippen LogP contribution in [0, 0.1) is 6.92 Å². The average Bonchev–Trinajstić information content (AvgIpc) is 3.35. The van der Waals surface area contributed by atoms with E-state index in [-0.39, 0.29) is 0 Å². The Morgan fingerprint density at radius 2 is 2.04 bits per heavy atom. The van der Waals surface area contributed by atoms with E-state index in [4.69, 9.17) is 11.6 Å². The molecule has 6 heteroatoms. The van der Waals surface area contributed by atoms with Crippen LogP contribution in [0.3, 0.4) is 0 Å². The van der Waals surface area contributed by atoms with Crippen LogP contribution in [-0.4, -0.2) is 42.1 Å². The molecule has 1 aromatic carbocycles. The number of hydrogen-bond donors (Lipinski definition) is 2. The minimum absolute atomic E-state index is 0.565. The van der Waals surface area contributed by atoms with Crippen LogP contribution in [0.2, 0.25) is 5.02 Å². The summed E-state index contributed by atoms with van der Waals surface area (Å²) in [5, 5.41) is 7.39. The zero-order valence-electron chi connectivity index (χ0n) is 14.4. The Bertz CT molecular complexity index is 692. The first kappa shape index (κ1) is 17.0. The lowest BCUT2D eigenvalue weighted by molar-refractivity contribution is 0.425. The van der Waals surface area contributed by atoms with Crippen LogP contribution in [0.4, 0.5) is 17.5 Å². The number of aromatic nitrogens is 2. The summed E-state index contributed by atoms with van der Waals surface area (Å²) in [5.74, 6) is 2.03. The van der Waals surface area contributed by atoms with E-state index in [1.54, 1.807) is 0 Å². The van der Waals surface area contributed by atoms with E-state index in [0.717, 1.165) is 35.9 Å². The predicted molar refractivity (Wildman–Crippen MR) is 101 cm³/mol. The minimum atomic E-state index is 0.565. The van der Waals surface area contributed by atoms with E-state index in [9.17, 15) is 0 Å². The zero-order chi connectivity index (χ0) is 17.1. The molecule has 2 aromatic rings. The van der Waals surface area contributed by atoms with Gasteiger partial charge in [0.15, 0.2) is 0 Å². The molecule has 24 heavy (non-hydrogen) atoms. The average molecular weight is 346 g/mol. The molecule has 0 aliphatic heterocycles. The van der Waals surface area contributed by atoms with E-state index in [1.165, 1.54) is 12.8 Å². The van der Waals surface area contributed by atoms with Crippen molar-refractivity contribution in [3.05, 3.63) is 40.5 Å². The van der Waals surface area contributed by atoms with Gasteiger partial charge < -0.3 is 15.5 Å². The molecule has 0 atom stereocenters. The Morgan fingerprint density at radius 3 is 2.71 bits per heavy atom. The van der Waals surface area contributed by atoms with E-state index in [2.05, 4.69) is 39.6 Å². The van der Waals surface area contributed by atoms with Crippen LogP contribution >= 0.6 is 11.6 Å². The van der Waals surface area contributed by atoms with Crippen LogP contribution in [0.5, 0.6) is 0 Å². The number of para-hydroxylation sites is 1. The van der Waals surface area contributed by atoms with Gasteiger partial charge in [0.25, 0.3) is 0 Å². The van der Waals surface area contributed by atoms with E-state index in [1.807, 2.05) is 31.2 Å². The highest BCUT2D eigenvalue weighted by molar-refractivity contribution is 6.33. The molecule has 1 heterocycles. The molecular formula is C18H24ClN5. The smallest absolute Gasteiger partial charge is 0.224 e. The molecule has 1 fully saturated rings. The van der Waals surface area contributed by atoms with Crippen molar-refractivity contribution in [3.63, 3.8) is 0 Å². The van der Waals surface area contributed by atoms with Crippen molar-refractivity contribution < 1.29 is 0 Å². The summed E-state index contributed by atoms with van der Waals surface area (Å²) in [5.41, 5.74) is 3.10. The molecule has 0 radical (unpaired) electrons. The number of nitrogens with zero attached hydrogens (tertiary/aromatic N) is 3. The van der Waals surface area contributed by atoms with Crippen molar-refractivity contribution >= 4 is 29.1 Å². The second-order valence-corrected chi connectivity index (χ2v) is 6.97. The van der Waals surface area contributed by atoms with Crippen molar-refractivity contribution in [2.75, 3.05) is 37.8 Å². The van der Waals surface area contributed by atoms with Gasteiger partial charge >= 0.3 is 0 Å². The molecular weight excluding hydrogens is 322 g/mol. The highest BCUT2D eigenvalue weighted by Crippen LogP contribution is 2.40. The largest absolute Gasteiger partial charge is 0.353 e. The first-order valence-electron chi connectivity index (χ1n) is 8.32. The van der Waals surface area contributed by atoms with Crippen molar-refractivity contribution in [1.82, 2.24) is 14.9 Å². The number of likely N-dealkylation sites (N-methyl/N-ethyl adjacent to an activating group) is 1. The second-order valence-electron chi connectivity index (χ2n) is 6.56. The van der Waals surface area contributed by atoms with Gasteiger partial charge in [0.2, 0.25) is 5.95 Å². The minimum Gasteiger partial charge on any atom is -0.353 e. The van der Waals surface area contributed by atoms with Crippen LogP contribution in [0.15, 0.2) is 24.3 Å². The maximum Gasteiger partial charge on any atom is 0.224 e. The fourth-order valence-corrected chi connectivity index (χ4v) is 2.78. The Morgan fingerprint density at radius 1 is 1.25 bits per heavy atom. The van der Waals surface area contributed by atoms with Gasteiger partial charge in [0.1, 0.15) is 5.82 Å². The lowest BCUT2D eigenvalue weighted by Crippen LogP contribution is -2.21. The molecule has 2 N–H and O–H groups in total. The van der Waals surface area contributed by atoms with Crippen LogP contribution in [0.1, 0.15) is 30.0 Å². The van der Waals surface area contributed by atoms with Gasteiger partial charge in [-0.2, -0.15) is 4.98 Å². The van der Waals surface area contributed by atoms with Crippen molar-refractivity contribution in [3.8, 4) is 0 Å². The second kappa shape index (κ2) is 7.36. The lowest BCUT2D eigenvalue weighted by atomic mass is 10.2. The van der Waals surface area contributed by atoms with Crippen molar-refractivity contribution in [2.45, 2.75) is 25.7 Å². The fraction of sp³-hybridized carbons (Fsp3) is 0.444. The molecule has 0 bridgehead atoms. The number of anilines is 3. The van der Waals surface area contributed by atoms with Gasteiger partial charge in [-0.15, -0.1) is 0 Å². The van der Waals surface area contributed by atoms with Gasteiger partial charge in [0.05, 0.1) is 16.4 Å². The zero-order valence-corrected chi connectivity index (χ0v) is 15.2. The van der Waals surface area contributed by atoms with Gasteiger partial charge in [-0.25, -0.2) is 4.98 Å². The van der Waals surface area contributed by atoms with Gasteiger partial charge in [-0.3, -0.25) is 0 Å². The number of hydrogen-bond acceptors (Lipinski definition) is 5. The molecule has 0 saturated heterocycles. The summed E-state index contributed by atoms with van der Waals surface area (Å²) in [7, 11) is 4.10. The maximum absolute atomic E-state index is 6.33. The van der Waals surface area contributed by atoms with Gasteiger partial charge in [0, 0.05) is 25.1 Å². The topological polar surface area (TPSA) is 53.1 Å². The first-order valence-corrected chi connectivity index (χ1v) is 8.70. The van der Waals surface area contributed by atoms with Crippen LogP contribution in [0.25, 0.3) is 0 Å². The highest BCUT2D eigenvalue weighted by atomic mass is 35.5. The summed E-state index contributed by atoms with van der Waals surface area (Å²) in [6.07, 6.45) is 2.41. The molecule has 0 spiro atoms. The Hall–Kier alpha value is -1.85. The Labute approximate surface area is 148 Å². The summed E-state index contributed by atoms with van der Waals surface area (Å²) < 4.78 is 0.